The summed E-state index contributed by atoms with van der Waals surface area (Å²) in [5.41, 5.74) is 1.40. The van der Waals surface area contributed by atoms with Gasteiger partial charge in [-0.2, -0.15) is 0 Å². The van der Waals surface area contributed by atoms with Crippen molar-refractivity contribution in [3.05, 3.63) is 35.9 Å². The highest BCUT2D eigenvalue weighted by Crippen LogP contribution is 2.16. The summed E-state index contributed by atoms with van der Waals surface area (Å²) in [5, 5.41) is 14.6. The van der Waals surface area contributed by atoms with Gasteiger partial charge in [0.25, 0.3) is 0 Å². The molecule has 0 bridgehead atoms. The summed E-state index contributed by atoms with van der Waals surface area (Å²) >= 11 is 0. The van der Waals surface area contributed by atoms with Crippen molar-refractivity contribution in [3.63, 3.8) is 0 Å². The molecule has 4 nitrogen and oxygen atoms in total. The smallest absolute Gasteiger partial charge is 0.203 e. The maximum atomic E-state index is 13.0. The molecule has 0 saturated heterocycles. The first-order valence-corrected chi connectivity index (χ1v) is 5.03. The van der Waals surface area contributed by atoms with Gasteiger partial charge in [-0.15, -0.1) is 20.4 Å². The molecule has 1 aromatic carbocycles. The van der Waals surface area contributed by atoms with Gasteiger partial charge in [-0.1, -0.05) is 13.8 Å². The number of aryl methyl sites for hydroxylation is 1. The molecule has 0 aliphatic heterocycles. The quantitative estimate of drug-likeness (QED) is 0.740. The van der Waals surface area contributed by atoms with Crippen molar-refractivity contribution in [2.45, 2.75) is 20.8 Å². The molecule has 0 radical (unpaired) electrons. The monoisotopic (exact) mass is 220 g/mol. The highest BCUT2D eigenvalue weighted by Gasteiger charge is 2.03. The zero-order chi connectivity index (χ0) is 12.0. The van der Waals surface area contributed by atoms with Gasteiger partial charge in [0.15, 0.2) is 6.33 Å². The first-order chi connectivity index (χ1) is 7.75. The van der Waals surface area contributed by atoms with Crippen LogP contribution in [-0.4, -0.2) is 20.4 Å². The van der Waals surface area contributed by atoms with E-state index in [9.17, 15) is 4.39 Å². The van der Waals surface area contributed by atoms with Crippen molar-refractivity contribution in [2.75, 3.05) is 0 Å². The van der Waals surface area contributed by atoms with Gasteiger partial charge in [-0.25, -0.2) is 4.39 Å². The lowest BCUT2D eigenvalue weighted by molar-refractivity contribution is 0.627. The number of benzene rings is 1. The van der Waals surface area contributed by atoms with E-state index in [0.29, 0.717) is 11.4 Å². The second kappa shape index (κ2) is 5.85. The SMILES string of the molecule is CC.Cc1cc(F)cc(-c2nncnn2)c1. The zero-order valence-electron chi connectivity index (χ0n) is 9.48. The highest BCUT2D eigenvalue weighted by atomic mass is 19.1. The van der Waals surface area contributed by atoms with Crippen LogP contribution in [0.5, 0.6) is 0 Å². The minimum absolute atomic E-state index is 0.313. The number of hydrogen-bond acceptors (Lipinski definition) is 4. The van der Waals surface area contributed by atoms with Gasteiger partial charge >= 0.3 is 0 Å². The number of aromatic nitrogens is 4. The molecule has 0 aliphatic carbocycles. The Bertz CT molecular complexity index is 425. The third-order valence-corrected chi connectivity index (χ3v) is 1.71. The van der Waals surface area contributed by atoms with Gasteiger partial charge in [0.2, 0.25) is 5.82 Å². The molecule has 16 heavy (non-hydrogen) atoms. The normalized spacial score (nSPS) is 9.25. The summed E-state index contributed by atoms with van der Waals surface area (Å²) in [7, 11) is 0. The van der Waals surface area contributed by atoms with Gasteiger partial charge < -0.3 is 0 Å². The summed E-state index contributed by atoms with van der Waals surface area (Å²) in [6.07, 6.45) is 1.23. The van der Waals surface area contributed by atoms with E-state index in [4.69, 9.17) is 0 Å². The van der Waals surface area contributed by atoms with Crippen LogP contribution < -0.4 is 0 Å². The van der Waals surface area contributed by atoms with Gasteiger partial charge in [-0.3, -0.25) is 0 Å². The fraction of sp³-hybridized carbons (Fsp3) is 0.273. The number of rotatable bonds is 1. The lowest BCUT2D eigenvalue weighted by Gasteiger charge is -1.99. The van der Waals surface area contributed by atoms with E-state index in [0.717, 1.165) is 5.56 Å². The standard InChI is InChI=1S/C9H7FN4.C2H6/c1-6-2-7(4-8(10)3-6)9-13-11-5-12-14-9;1-2/h2-5H,1H3;1-2H3. The Kier molecular flexibility index (Phi) is 4.44. The molecule has 0 N–H and O–H groups in total. The molecule has 0 amide bonds. The number of nitrogens with zero attached hydrogens (tertiary/aromatic N) is 4. The van der Waals surface area contributed by atoms with Gasteiger partial charge in [0.1, 0.15) is 5.82 Å². The highest BCUT2D eigenvalue weighted by molar-refractivity contribution is 5.54. The fourth-order valence-corrected chi connectivity index (χ4v) is 1.19. The molecule has 0 fully saturated rings. The molecule has 0 saturated carbocycles. The predicted molar refractivity (Wildman–Crippen MR) is 59.1 cm³/mol. The molecule has 2 aromatic rings. The van der Waals surface area contributed by atoms with Gasteiger partial charge in [-0.05, 0) is 30.7 Å². The van der Waals surface area contributed by atoms with E-state index in [1.807, 2.05) is 13.8 Å². The zero-order valence-corrected chi connectivity index (χ0v) is 9.48. The van der Waals surface area contributed by atoms with Crippen molar-refractivity contribution in [1.82, 2.24) is 20.4 Å². The fourth-order valence-electron chi connectivity index (χ4n) is 1.19. The van der Waals surface area contributed by atoms with Crippen LogP contribution in [0.1, 0.15) is 19.4 Å². The average molecular weight is 220 g/mol. The Labute approximate surface area is 93.6 Å². The molecule has 0 spiro atoms. The minimum atomic E-state index is -0.313. The second-order valence-corrected chi connectivity index (χ2v) is 2.89. The van der Waals surface area contributed by atoms with Crippen molar-refractivity contribution >= 4 is 0 Å². The first kappa shape index (κ1) is 12.2. The third kappa shape index (κ3) is 3.05. The lowest BCUT2D eigenvalue weighted by atomic mass is 10.1. The van der Waals surface area contributed by atoms with Crippen LogP contribution in [0.25, 0.3) is 11.4 Å². The van der Waals surface area contributed by atoms with E-state index in [1.165, 1.54) is 18.5 Å². The maximum Gasteiger partial charge on any atom is 0.203 e. The van der Waals surface area contributed by atoms with E-state index in [2.05, 4.69) is 20.4 Å². The maximum absolute atomic E-state index is 13.0. The van der Waals surface area contributed by atoms with Crippen LogP contribution in [0.3, 0.4) is 0 Å². The summed E-state index contributed by atoms with van der Waals surface area (Å²) in [6.45, 7) is 5.80. The van der Waals surface area contributed by atoms with Crippen LogP contribution in [0.2, 0.25) is 0 Å². The van der Waals surface area contributed by atoms with Crippen molar-refractivity contribution in [1.29, 1.82) is 0 Å². The van der Waals surface area contributed by atoms with Gasteiger partial charge in [0.05, 0.1) is 0 Å². The summed E-state index contributed by atoms with van der Waals surface area (Å²) in [6, 6.07) is 4.57. The summed E-state index contributed by atoms with van der Waals surface area (Å²) in [4.78, 5) is 0. The Hall–Kier alpha value is -1.91. The topological polar surface area (TPSA) is 51.6 Å². The Morgan fingerprint density at radius 3 is 2.19 bits per heavy atom. The molecule has 84 valence electrons. The Balaban J connectivity index is 0.000000606. The summed E-state index contributed by atoms with van der Waals surface area (Å²) in [5.74, 6) is 0.0163. The molecule has 0 unspecified atom stereocenters. The Morgan fingerprint density at radius 2 is 1.62 bits per heavy atom. The van der Waals surface area contributed by atoms with Crippen LogP contribution in [0.15, 0.2) is 24.5 Å². The molecule has 5 heteroatoms. The molecule has 0 atom stereocenters. The van der Waals surface area contributed by atoms with Crippen molar-refractivity contribution in [2.24, 2.45) is 0 Å². The minimum Gasteiger partial charge on any atom is -0.207 e. The largest absolute Gasteiger partial charge is 0.207 e. The molecule has 1 heterocycles. The van der Waals surface area contributed by atoms with E-state index in [1.54, 1.807) is 13.0 Å². The van der Waals surface area contributed by atoms with Gasteiger partial charge in [0, 0.05) is 5.56 Å². The summed E-state index contributed by atoms with van der Waals surface area (Å²) < 4.78 is 13.0. The molecular weight excluding hydrogens is 207 g/mol. The predicted octanol–water partition coefficient (Wildman–Crippen LogP) is 2.41. The van der Waals surface area contributed by atoms with E-state index in [-0.39, 0.29) is 5.82 Å². The average Bonchev–Trinajstić information content (AvgIpc) is 2.32. The molecular formula is C11H13FN4. The Morgan fingerprint density at radius 1 is 1.00 bits per heavy atom. The van der Waals surface area contributed by atoms with Crippen molar-refractivity contribution < 1.29 is 4.39 Å². The number of hydrogen-bond donors (Lipinski definition) is 0. The molecule has 1 aromatic heterocycles. The third-order valence-electron chi connectivity index (χ3n) is 1.71. The van der Waals surface area contributed by atoms with Crippen LogP contribution in [0, 0.1) is 12.7 Å². The second-order valence-electron chi connectivity index (χ2n) is 2.89. The number of halogens is 1. The first-order valence-electron chi connectivity index (χ1n) is 5.03. The molecule has 2 rings (SSSR count). The van der Waals surface area contributed by atoms with E-state index >= 15 is 0 Å². The van der Waals surface area contributed by atoms with Crippen molar-refractivity contribution in [3.8, 4) is 11.4 Å². The van der Waals surface area contributed by atoms with Crippen LogP contribution in [0.4, 0.5) is 4.39 Å². The van der Waals surface area contributed by atoms with Crippen LogP contribution in [-0.2, 0) is 0 Å². The van der Waals surface area contributed by atoms with E-state index < -0.39 is 0 Å². The lowest BCUT2D eigenvalue weighted by Crippen LogP contribution is -1.94. The van der Waals surface area contributed by atoms with Crippen LogP contribution >= 0.6 is 0 Å². The molecule has 0 aliphatic rings.